The summed E-state index contributed by atoms with van der Waals surface area (Å²) in [5, 5.41) is 21.0. The van der Waals surface area contributed by atoms with Gasteiger partial charge in [0.2, 0.25) is 0 Å². The molecule has 1 aliphatic heterocycles. The highest BCUT2D eigenvalue weighted by molar-refractivity contribution is 5.75. The molecule has 1 unspecified atom stereocenters. The standard InChI is InChI=1S/C10H19NO3/c12-7-2-1-4-10(9(13)14)5-3-6-11-8-10/h11-12H,1-8H2,(H,13,14). The Labute approximate surface area is 84.3 Å². The average molecular weight is 201 g/mol. The Balaban J connectivity index is 2.47. The first-order valence-electron chi connectivity index (χ1n) is 5.26. The van der Waals surface area contributed by atoms with Gasteiger partial charge in [0.15, 0.2) is 0 Å². The van der Waals surface area contributed by atoms with Crippen LogP contribution in [0.25, 0.3) is 0 Å². The van der Waals surface area contributed by atoms with E-state index in [-0.39, 0.29) is 6.61 Å². The summed E-state index contributed by atoms with van der Waals surface area (Å²) in [6, 6.07) is 0. The van der Waals surface area contributed by atoms with Crippen LogP contribution in [0.3, 0.4) is 0 Å². The van der Waals surface area contributed by atoms with Crippen LogP contribution in [0.5, 0.6) is 0 Å². The molecule has 0 aromatic rings. The number of aliphatic hydroxyl groups excluding tert-OH is 1. The number of aliphatic carboxylic acids is 1. The average Bonchev–Trinajstić information content (AvgIpc) is 2.19. The van der Waals surface area contributed by atoms with Crippen LogP contribution in [-0.2, 0) is 4.79 Å². The molecule has 0 saturated carbocycles. The number of rotatable bonds is 5. The summed E-state index contributed by atoms with van der Waals surface area (Å²) in [6.45, 7) is 1.66. The Hall–Kier alpha value is -0.610. The second kappa shape index (κ2) is 5.32. The van der Waals surface area contributed by atoms with E-state index in [0.29, 0.717) is 19.4 Å². The van der Waals surface area contributed by atoms with Crippen molar-refractivity contribution in [3.8, 4) is 0 Å². The highest BCUT2D eigenvalue weighted by Crippen LogP contribution is 2.32. The van der Waals surface area contributed by atoms with Gasteiger partial charge in [0.1, 0.15) is 0 Å². The molecule has 0 aromatic heterocycles. The zero-order valence-corrected chi connectivity index (χ0v) is 8.46. The molecule has 1 saturated heterocycles. The van der Waals surface area contributed by atoms with Gasteiger partial charge >= 0.3 is 5.97 Å². The number of aliphatic hydroxyl groups is 1. The maximum Gasteiger partial charge on any atom is 0.310 e. The molecule has 3 N–H and O–H groups in total. The third-order valence-electron chi connectivity index (χ3n) is 2.99. The number of unbranched alkanes of at least 4 members (excludes halogenated alkanes) is 1. The predicted octanol–water partition coefficient (Wildman–Crippen LogP) is 0.603. The molecule has 1 aliphatic rings. The Morgan fingerprint density at radius 2 is 2.21 bits per heavy atom. The smallest absolute Gasteiger partial charge is 0.310 e. The van der Waals surface area contributed by atoms with Crippen LogP contribution in [0.2, 0.25) is 0 Å². The van der Waals surface area contributed by atoms with Crippen LogP contribution >= 0.6 is 0 Å². The summed E-state index contributed by atoms with van der Waals surface area (Å²) in [5.74, 6) is -0.692. The van der Waals surface area contributed by atoms with E-state index in [9.17, 15) is 9.90 Å². The lowest BCUT2D eigenvalue weighted by Crippen LogP contribution is -2.45. The van der Waals surface area contributed by atoms with Crippen molar-refractivity contribution in [2.24, 2.45) is 5.41 Å². The fourth-order valence-corrected chi connectivity index (χ4v) is 2.05. The first-order valence-corrected chi connectivity index (χ1v) is 5.26. The predicted molar refractivity (Wildman–Crippen MR) is 53.1 cm³/mol. The third kappa shape index (κ3) is 2.69. The number of nitrogens with one attached hydrogen (secondary N) is 1. The zero-order chi connectivity index (χ0) is 10.4. The fraction of sp³-hybridized carbons (Fsp3) is 0.900. The quantitative estimate of drug-likeness (QED) is 0.570. The van der Waals surface area contributed by atoms with Crippen molar-refractivity contribution in [3.05, 3.63) is 0 Å². The molecule has 1 heterocycles. The number of hydrogen-bond acceptors (Lipinski definition) is 3. The molecule has 0 bridgehead atoms. The summed E-state index contributed by atoms with van der Waals surface area (Å²) in [7, 11) is 0. The Kier molecular flexibility index (Phi) is 4.35. The minimum Gasteiger partial charge on any atom is -0.481 e. The van der Waals surface area contributed by atoms with Gasteiger partial charge < -0.3 is 15.5 Å². The van der Waals surface area contributed by atoms with Crippen LogP contribution < -0.4 is 5.32 Å². The summed E-state index contributed by atoms with van der Waals surface area (Å²) < 4.78 is 0. The molecule has 1 fully saturated rings. The highest BCUT2D eigenvalue weighted by Gasteiger charge is 2.38. The Morgan fingerprint density at radius 1 is 1.43 bits per heavy atom. The molecule has 1 atom stereocenters. The van der Waals surface area contributed by atoms with Crippen molar-refractivity contribution in [1.29, 1.82) is 0 Å². The lowest BCUT2D eigenvalue weighted by Gasteiger charge is -2.33. The van der Waals surface area contributed by atoms with E-state index in [2.05, 4.69) is 5.32 Å². The SMILES string of the molecule is O=C(O)C1(CCCCO)CCCNC1. The van der Waals surface area contributed by atoms with E-state index in [0.717, 1.165) is 25.8 Å². The summed E-state index contributed by atoms with van der Waals surface area (Å²) in [6.07, 6.45) is 3.88. The number of carboxylic acids is 1. The molecule has 0 amide bonds. The molecule has 0 radical (unpaired) electrons. The van der Waals surface area contributed by atoms with Crippen molar-refractivity contribution >= 4 is 5.97 Å². The number of piperidine rings is 1. The number of hydrogen-bond donors (Lipinski definition) is 3. The van der Waals surface area contributed by atoms with E-state index in [1.807, 2.05) is 0 Å². The van der Waals surface area contributed by atoms with Gasteiger partial charge in [-0.3, -0.25) is 4.79 Å². The normalized spacial score (nSPS) is 27.5. The van der Waals surface area contributed by atoms with Gasteiger partial charge in [0.25, 0.3) is 0 Å². The van der Waals surface area contributed by atoms with Crippen molar-refractivity contribution in [1.82, 2.24) is 5.32 Å². The topological polar surface area (TPSA) is 69.6 Å². The second-order valence-corrected chi connectivity index (χ2v) is 4.05. The van der Waals surface area contributed by atoms with Crippen molar-refractivity contribution in [3.63, 3.8) is 0 Å². The van der Waals surface area contributed by atoms with Crippen molar-refractivity contribution in [2.75, 3.05) is 19.7 Å². The zero-order valence-electron chi connectivity index (χ0n) is 8.46. The van der Waals surface area contributed by atoms with E-state index < -0.39 is 11.4 Å². The van der Waals surface area contributed by atoms with Crippen LogP contribution in [0.4, 0.5) is 0 Å². The molecule has 1 rings (SSSR count). The maximum atomic E-state index is 11.2. The van der Waals surface area contributed by atoms with Crippen LogP contribution in [0, 0.1) is 5.41 Å². The van der Waals surface area contributed by atoms with Gasteiger partial charge in [-0.15, -0.1) is 0 Å². The van der Waals surface area contributed by atoms with E-state index in [4.69, 9.17) is 5.11 Å². The monoisotopic (exact) mass is 201 g/mol. The first-order chi connectivity index (χ1) is 6.71. The lowest BCUT2D eigenvalue weighted by atomic mass is 9.76. The van der Waals surface area contributed by atoms with Crippen LogP contribution in [0.1, 0.15) is 32.1 Å². The minimum absolute atomic E-state index is 0.156. The molecule has 4 nitrogen and oxygen atoms in total. The van der Waals surface area contributed by atoms with Gasteiger partial charge in [-0.05, 0) is 38.6 Å². The molecular formula is C10H19NO3. The molecule has 0 aliphatic carbocycles. The molecule has 0 aromatic carbocycles. The lowest BCUT2D eigenvalue weighted by molar-refractivity contribution is -0.150. The molecule has 4 heteroatoms. The Bertz CT molecular complexity index is 188. The van der Waals surface area contributed by atoms with Crippen LogP contribution in [0.15, 0.2) is 0 Å². The van der Waals surface area contributed by atoms with Gasteiger partial charge in [-0.1, -0.05) is 0 Å². The third-order valence-corrected chi connectivity index (χ3v) is 2.99. The van der Waals surface area contributed by atoms with Gasteiger partial charge in [-0.25, -0.2) is 0 Å². The first kappa shape index (κ1) is 11.5. The summed E-state index contributed by atoms with van der Waals surface area (Å²) >= 11 is 0. The minimum atomic E-state index is -0.692. The maximum absolute atomic E-state index is 11.2. The molecule has 0 spiro atoms. The Morgan fingerprint density at radius 3 is 2.71 bits per heavy atom. The highest BCUT2D eigenvalue weighted by atomic mass is 16.4. The van der Waals surface area contributed by atoms with Crippen molar-refractivity contribution in [2.45, 2.75) is 32.1 Å². The second-order valence-electron chi connectivity index (χ2n) is 4.05. The van der Waals surface area contributed by atoms with Gasteiger partial charge in [0.05, 0.1) is 5.41 Å². The van der Waals surface area contributed by atoms with Crippen molar-refractivity contribution < 1.29 is 15.0 Å². The van der Waals surface area contributed by atoms with Crippen LogP contribution in [-0.4, -0.2) is 35.9 Å². The van der Waals surface area contributed by atoms with E-state index in [1.165, 1.54) is 0 Å². The summed E-state index contributed by atoms with van der Waals surface area (Å²) in [4.78, 5) is 11.2. The van der Waals surface area contributed by atoms with Gasteiger partial charge in [0, 0.05) is 13.2 Å². The molecular weight excluding hydrogens is 182 g/mol. The molecule has 14 heavy (non-hydrogen) atoms. The van der Waals surface area contributed by atoms with E-state index in [1.54, 1.807) is 0 Å². The molecule has 82 valence electrons. The number of carbonyl (C=O) groups is 1. The fourth-order valence-electron chi connectivity index (χ4n) is 2.05. The van der Waals surface area contributed by atoms with Gasteiger partial charge in [-0.2, -0.15) is 0 Å². The summed E-state index contributed by atoms with van der Waals surface area (Å²) in [5.41, 5.74) is -0.576. The van der Waals surface area contributed by atoms with E-state index >= 15 is 0 Å². The largest absolute Gasteiger partial charge is 0.481 e. The number of carboxylic acid groups (broad SMARTS) is 1.